The molecule has 2 aliphatic heterocycles. The normalized spacial score (nSPS) is 22.8. The molecule has 0 aliphatic carbocycles. The third-order valence-corrected chi connectivity index (χ3v) is 7.11. The standard InChI is InChI=1S/C18H25F2N3O3S/c1-14-3-2-6-21(12-14)13-18(24)22-7-9-23(10-8-22)27(25,26)15-4-5-16(19)17(20)11-15/h4-5,11,14H,2-3,6-10,12-13H2,1H3. The number of amides is 1. The zero-order chi connectivity index (χ0) is 19.6. The number of rotatable bonds is 4. The second-order valence-corrected chi connectivity index (χ2v) is 9.28. The molecule has 1 amide bonds. The van der Waals surface area contributed by atoms with E-state index in [1.807, 2.05) is 0 Å². The van der Waals surface area contributed by atoms with Gasteiger partial charge in [0.15, 0.2) is 11.6 Å². The summed E-state index contributed by atoms with van der Waals surface area (Å²) in [6, 6.07) is 2.56. The Morgan fingerprint density at radius 3 is 2.44 bits per heavy atom. The molecule has 0 radical (unpaired) electrons. The predicted octanol–water partition coefficient (Wildman–Crippen LogP) is 1.53. The lowest BCUT2D eigenvalue weighted by molar-refractivity contribution is -0.134. The molecular weight excluding hydrogens is 376 g/mol. The minimum Gasteiger partial charge on any atom is -0.339 e. The second kappa shape index (κ2) is 8.20. The van der Waals surface area contributed by atoms with E-state index in [0.717, 1.165) is 31.6 Å². The number of piperazine rings is 1. The van der Waals surface area contributed by atoms with Gasteiger partial charge < -0.3 is 4.90 Å². The Bertz CT molecular complexity index is 795. The van der Waals surface area contributed by atoms with Crippen molar-refractivity contribution in [2.45, 2.75) is 24.7 Å². The molecule has 1 aromatic carbocycles. The molecule has 0 spiro atoms. The Morgan fingerprint density at radius 2 is 1.81 bits per heavy atom. The van der Waals surface area contributed by atoms with Crippen LogP contribution in [0.3, 0.4) is 0 Å². The maximum absolute atomic E-state index is 13.4. The lowest BCUT2D eigenvalue weighted by atomic mass is 10.0. The first-order chi connectivity index (χ1) is 12.8. The number of hydrogen-bond acceptors (Lipinski definition) is 4. The van der Waals surface area contributed by atoms with Gasteiger partial charge in [-0.2, -0.15) is 4.31 Å². The zero-order valence-electron chi connectivity index (χ0n) is 15.4. The van der Waals surface area contributed by atoms with Gasteiger partial charge >= 0.3 is 0 Å². The number of likely N-dealkylation sites (tertiary alicyclic amines) is 1. The van der Waals surface area contributed by atoms with Crippen LogP contribution >= 0.6 is 0 Å². The monoisotopic (exact) mass is 401 g/mol. The van der Waals surface area contributed by atoms with E-state index in [4.69, 9.17) is 0 Å². The minimum absolute atomic E-state index is 0.00831. The highest BCUT2D eigenvalue weighted by molar-refractivity contribution is 7.89. The predicted molar refractivity (Wildman–Crippen MR) is 96.5 cm³/mol. The van der Waals surface area contributed by atoms with Gasteiger partial charge in [-0.25, -0.2) is 17.2 Å². The van der Waals surface area contributed by atoms with Gasteiger partial charge in [0, 0.05) is 32.7 Å². The number of hydrogen-bond donors (Lipinski definition) is 0. The largest absolute Gasteiger partial charge is 0.339 e. The summed E-state index contributed by atoms with van der Waals surface area (Å²) in [5, 5.41) is 0. The molecule has 1 unspecified atom stereocenters. The molecule has 150 valence electrons. The van der Waals surface area contributed by atoms with E-state index < -0.39 is 21.7 Å². The van der Waals surface area contributed by atoms with E-state index in [1.54, 1.807) is 4.90 Å². The Labute approximate surface area is 158 Å². The molecule has 27 heavy (non-hydrogen) atoms. The van der Waals surface area contributed by atoms with Gasteiger partial charge in [-0.05, 0) is 43.5 Å². The highest BCUT2D eigenvalue weighted by atomic mass is 32.2. The Balaban J connectivity index is 1.57. The second-order valence-electron chi connectivity index (χ2n) is 7.34. The summed E-state index contributed by atoms with van der Waals surface area (Å²) in [5.41, 5.74) is 0. The highest BCUT2D eigenvalue weighted by Gasteiger charge is 2.31. The van der Waals surface area contributed by atoms with Crippen LogP contribution in [0.4, 0.5) is 8.78 Å². The summed E-state index contributed by atoms with van der Waals surface area (Å²) >= 11 is 0. The highest BCUT2D eigenvalue weighted by Crippen LogP contribution is 2.20. The number of halogens is 2. The SMILES string of the molecule is CC1CCCN(CC(=O)N2CCN(S(=O)(=O)c3ccc(F)c(F)c3)CC2)C1. The number of carbonyl (C=O) groups excluding carboxylic acids is 1. The average molecular weight is 401 g/mol. The average Bonchev–Trinajstić information content (AvgIpc) is 2.64. The summed E-state index contributed by atoms with van der Waals surface area (Å²) in [4.78, 5) is 16.1. The molecule has 1 aromatic rings. The van der Waals surface area contributed by atoms with Crippen molar-refractivity contribution >= 4 is 15.9 Å². The fourth-order valence-electron chi connectivity index (χ4n) is 3.69. The van der Waals surface area contributed by atoms with Gasteiger partial charge in [-0.1, -0.05) is 6.92 Å². The van der Waals surface area contributed by atoms with Crippen molar-refractivity contribution < 1.29 is 22.0 Å². The van der Waals surface area contributed by atoms with Crippen LogP contribution in [0.1, 0.15) is 19.8 Å². The van der Waals surface area contributed by atoms with Gasteiger partial charge in [0.2, 0.25) is 15.9 Å². The molecule has 0 N–H and O–H groups in total. The van der Waals surface area contributed by atoms with Gasteiger partial charge in [0.25, 0.3) is 0 Å². The number of nitrogens with zero attached hydrogens (tertiary/aromatic N) is 3. The number of carbonyl (C=O) groups is 1. The van der Waals surface area contributed by atoms with Crippen LogP contribution in [0.5, 0.6) is 0 Å². The molecule has 2 saturated heterocycles. The van der Waals surface area contributed by atoms with E-state index in [9.17, 15) is 22.0 Å². The van der Waals surface area contributed by atoms with Crippen molar-refractivity contribution in [3.8, 4) is 0 Å². The van der Waals surface area contributed by atoms with Crippen LogP contribution in [-0.2, 0) is 14.8 Å². The van der Waals surface area contributed by atoms with Crippen molar-refractivity contribution in [2.24, 2.45) is 5.92 Å². The van der Waals surface area contributed by atoms with Gasteiger partial charge in [-0.3, -0.25) is 9.69 Å². The molecule has 9 heteroatoms. The molecule has 2 aliphatic rings. The third kappa shape index (κ3) is 4.64. The van der Waals surface area contributed by atoms with Crippen LogP contribution in [-0.4, -0.2) is 74.2 Å². The number of sulfonamides is 1. The summed E-state index contributed by atoms with van der Waals surface area (Å²) in [6.45, 7) is 5.25. The van der Waals surface area contributed by atoms with Crippen molar-refractivity contribution in [2.75, 3.05) is 45.8 Å². The lowest BCUT2D eigenvalue weighted by Crippen LogP contribution is -2.53. The first kappa shape index (κ1) is 20.2. The minimum atomic E-state index is -3.91. The first-order valence-electron chi connectivity index (χ1n) is 9.22. The molecule has 0 aromatic heterocycles. The molecule has 6 nitrogen and oxygen atoms in total. The quantitative estimate of drug-likeness (QED) is 0.768. The number of benzene rings is 1. The molecule has 1 atom stereocenters. The van der Waals surface area contributed by atoms with Gasteiger partial charge in [0.1, 0.15) is 0 Å². The summed E-state index contributed by atoms with van der Waals surface area (Å²) in [5.74, 6) is -1.68. The van der Waals surface area contributed by atoms with E-state index >= 15 is 0 Å². The van der Waals surface area contributed by atoms with Crippen LogP contribution in [0.15, 0.2) is 23.1 Å². The zero-order valence-corrected chi connectivity index (χ0v) is 16.2. The van der Waals surface area contributed by atoms with E-state index in [-0.39, 0.29) is 23.9 Å². The lowest BCUT2D eigenvalue weighted by Gasteiger charge is -2.36. The van der Waals surface area contributed by atoms with E-state index in [2.05, 4.69) is 11.8 Å². The van der Waals surface area contributed by atoms with Gasteiger partial charge in [-0.15, -0.1) is 0 Å². The van der Waals surface area contributed by atoms with E-state index in [0.29, 0.717) is 31.6 Å². The molecular formula is C18H25F2N3O3S. The van der Waals surface area contributed by atoms with Gasteiger partial charge in [0.05, 0.1) is 11.4 Å². The van der Waals surface area contributed by atoms with Crippen molar-refractivity contribution in [1.29, 1.82) is 0 Å². The van der Waals surface area contributed by atoms with Crippen molar-refractivity contribution in [3.63, 3.8) is 0 Å². The summed E-state index contributed by atoms with van der Waals surface area (Å²) in [7, 11) is -3.91. The van der Waals surface area contributed by atoms with Crippen LogP contribution < -0.4 is 0 Å². The van der Waals surface area contributed by atoms with Crippen LogP contribution in [0.2, 0.25) is 0 Å². The topological polar surface area (TPSA) is 60.9 Å². The molecule has 2 heterocycles. The molecule has 0 saturated carbocycles. The van der Waals surface area contributed by atoms with Crippen LogP contribution in [0, 0.1) is 17.6 Å². The van der Waals surface area contributed by atoms with Crippen molar-refractivity contribution in [1.82, 2.24) is 14.1 Å². The fraction of sp³-hybridized carbons (Fsp3) is 0.611. The summed E-state index contributed by atoms with van der Waals surface area (Å²) < 4.78 is 52.9. The van der Waals surface area contributed by atoms with E-state index in [1.165, 1.54) is 10.7 Å². The number of piperidine rings is 1. The third-order valence-electron chi connectivity index (χ3n) is 5.22. The maximum Gasteiger partial charge on any atom is 0.243 e. The maximum atomic E-state index is 13.4. The summed E-state index contributed by atoms with van der Waals surface area (Å²) in [6.07, 6.45) is 2.28. The molecule has 0 bridgehead atoms. The Morgan fingerprint density at radius 1 is 1.11 bits per heavy atom. The first-order valence-corrected chi connectivity index (χ1v) is 10.7. The van der Waals surface area contributed by atoms with Crippen LogP contribution in [0.25, 0.3) is 0 Å². The molecule has 2 fully saturated rings. The Kier molecular flexibility index (Phi) is 6.12. The fourth-order valence-corrected chi connectivity index (χ4v) is 5.12. The van der Waals surface area contributed by atoms with Crippen molar-refractivity contribution in [3.05, 3.63) is 29.8 Å². The smallest absolute Gasteiger partial charge is 0.243 e. The Hall–Kier alpha value is -1.58. The molecule has 3 rings (SSSR count).